The lowest BCUT2D eigenvalue weighted by Gasteiger charge is -2.20. The molecule has 1 aliphatic rings. The van der Waals surface area contributed by atoms with Crippen LogP contribution in [0, 0.1) is 25.7 Å². The first-order valence-electron chi connectivity index (χ1n) is 6.94. The van der Waals surface area contributed by atoms with E-state index in [1.807, 2.05) is 0 Å². The van der Waals surface area contributed by atoms with E-state index >= 15 is 0 Å². The molecule has 1 amide bonds. The van der Waals surface area contributed by atoms with E-state index in [9.17, 15) is 22.8 Å². The van der Waals surface area contributed by atoms with Gasteiger partial charge in [-0.1, -0.05) is 0 Å². The fraction of sp³-hybridized carbons (Fsp3) is 0.571. The highest BCUT2D eigenvalue weighted by Crippen LogP contribution is 2.34. The van der Waals surface area contributed by atoms with Gasteiger partial charge in [0.05, 0.1) is 11.8 Å². The molecule has 3 N–H and O–H groups in total. The first-order chi connectivity index (χ1) is 10.2. The zero-order chi connectivity index (χ0) is 16.5. The fourth-order valence-corrected chi connectivity index (χ4v) is 2.71. The molecule has 0 spiro atoms. The quantitative estimate of drug-likeness (QED) is 0.779. The second kappa shape index (κ2) is 6.12. The summed E-state index contributed by atoms with van der Waals surface area (Å²) < 4.78 is 38.5. The zero-order valence-corrected chi connectivity index (χ0v) is 12.3. The third kappa shape index (κ3) is 3.49. The number of nitrogens with one attached hydrogen (secondary N) is 3. The summed E-state index contributed by atoms with van der Waals surface area (Å²) in [6, 6.07) is 1.75. The molecule has 122 valence electrons. The molecule has 1 saturated heterocycles. The van der Waals surface area contributed by atoms with Crippen LogP contribution in [0.2, 0.25) is 0 Å². The standard InChI is InChI=1S/C14H18F3N3O2/c1-7-3-8(2)20-13(22)9(7)5-19-12(21)10-4-18-6-11(10)14(15,16)17/h3,10-11,18H,4-6H2,1-2H3,(H,19,21)(H,20,22)/t10-,11-/m1/s1. The largest absolute Gasteiger partial charge is 0.393 e. The number of aromatic amines is 1. The van der Waals surface area contributed by atoms with Crippen LogP contribution in [0.1, 0.15) is 16.8 Å². The van der Waals surface area contributed by atoms with Gasteiger partial charge in [-0.3, -0.25) is 9.59 Å². The van der Waals surface area contributed by atoms with E-state index in [0.29, 0.717) is 16.8 Å². The Morgan fingerprint density at radius 2 is 2.05 bits per heavy atom. The van der Waals surface area contributed by atoms with Crippen molar-refractivity contribution in [3.63, 3.8) is 0 Å². The predicted octanol–water partition coefficient (Wildman–Crippen LogP) is 1.01. The van der Waals surface area contributed by atoms with Gasteiger partial charge in [0.1, 0.15) is 0 Å². The van der Waals surface area contributed by atoms with Crippen molar-refractivity contribution in [2.24, 2.45) is 11.8 Å². The van der Waals surface area contributed by atoms with Gasteiger partial charge < -0.3 is 15.6 Å². The van der Waals surface area contributed by atoms with Crippen LogP contribution in [0.5, 0.6) is 0 Å². The first kappa shape index (κ1) is 16.5. The lowest BCUT2D eigenvalue weighted by molar-refractivity contribution is -0.182. The van der Waals surface area contributed by atoms with Crippen LogP contribution in [0.3, 0.4) is 0 Å². The van der Waals surface area contributed by atoms with Crippen molar-refractivity contribution in [3.8, 4) is 0 Å². The van der Waals surface area contributed by atoms with Crippen molar-refractivity contribution in [2.45, 2.75) is 26.6 Å². The molecule has 2 rings (SSSR count). The predicted molar refractivity (Wildman–Crippen MR) is 74.3 cm³/mol. The Balaban J connectivity index is 2.06. The minimum absolute atomic E-state index is 0.0146. The number of pyridine rings is 1. The van der Waals surface area contributed by atoms with Gasteiger partial charge >= 0.3 is 6.18 Å². The Labute approximate surface area is 125 Å². The molecule has 2 heterocycles. The molecule has 8 heteroatoms. The summed E-state index contributed by atoms with van der Waals surface area (Å²) in [7, 11) is 0. The Bertz CT molecular complexity index is 625. The van der Waals surface area contributed by atoms with E-state index in [2.05, 4.69) is 15.6 Å². The number of carbonyl (C=O) groups excluding carboxylic acids is 1. The molecule has 0 radical (unpaired) electrons. The molecule has 0 aromatic carbocycles. The number of hydrogen-bond donors (Lipinski definition) is 3. The molecule has 0 saturated carbocycles. The Morgan fingerprint density at radius 1 is 1.36 bits per heavy atom. The van der Waals surface area contributed by atoms with Gasteiger partial charge in [-0.25, -0.2) is 0 Å². The van der Waals surface area contributed by atoms with Crippen LogP contribution in [0.25, 0.3) is 0 Å². The molecule has 1 fully saturated rings. The third-order valence-corrected chi connectivity index (χ3v) is 3.90. The van der Waals surface area contributed by atoms with E-state index in [-0.39, 0.29) is 25.2 Å². The Morgan fingerprint density at radius 3 is 2.64 bits per heavy atom. The molecule has 0 bridgehead atoms. The second-order valence-electron chi connectivity index (χ2n) is 5.57. The summed E-state index contributed by atoms with van der Waals surface area (Å²) in [5.74, 6) is -3.54. The number of rotatable bonds is 3. The van der Waals surface area contributed by atoms with Crippen LogP contribution in [-0.2, 0) is 11.3 Å². The van der Waals surface area contributed by atoms with Crippen LogP contribution >= 0.6 is 0 Å². The highest BCUT2D eigenvalue weighted by molar-refractivity contribution is 5.79. The van der Waals surface area contributed by atoms with Gasteiger partial charge in [0.2, 0.25) is 5.91 Å². The van der Waals surface area contributed by atoms with Gasteiger partial charge in [-0.15, -0.1) is 0 Å². The van der Waals surface area contributed by atoms with Gasteiger partial charge in [0, 0.05) is 30.9 Å². The average Bonchev–Trinajstić information content (AvgIpc) is 2.86. The highest BCUT2D eigenvalue weighted by atomic mass is 19.4. The van der Waals surface area contributed by atoms with Gasteiger partial charge in [-0.05, 0) is 25.5 Å². The van der Waals surface area contributed by atoms with Gasteiger partial charge in [0.25, 0.3) is 5.56 Å². The normalized spacial score (nSPS) is 21.9. The molecular formula is C14H18F3N3O2. The lowest BCUT2D eigenvalue weighted by atomic mass is 9.94. The molecule has 5 nitrogen and oxygen atoms in total. The number of alkyl halides is 3. The number of H-pyrrole nitrogens is 1. The zero-order valence-electron chi connectivity index (χ0n) is 12.3. The number of carbonyl (C=O) groups is 1. The summed E-state index contributed by atoms with van der Waals surface area (Å²) in [6.45, 7) is 3.10. The maximum Gasteiger partial charge on any atom is 0.393 e. The van der Waals surface area contributed by atoms with E-state index in [0.717, 1.165) is 0 Å². The molecular weight excluding hydrogens is 299 g/mol. The van der Waals surface area contributed by atoms with Crippen LogP contribution < -0.4 is 16.2 Å². The molecule has 1 aromatic heterocycles. The van der Waals surface area contributed by atoms with Crippen LogP contribution in [0.15, 0.2) is 10.9 Å². The van der Waals surface area contributed by atoms with Crippen molar-refractivity contribution in [1.29, 1.82) is 0 Å². The van der Waals surface area contributed by atoms with Crippen molar-refractivity contribution in [1.82, 2.24) is 15.6 Å². The van der Waals surface area contributed by atoms with E-state index in [4.69, 9.17) is 0 Å². The Hall–Kier alpha value is -1.83. The number of aromatic nitrogens is 1. The van der Waals surface area contributed by atoms with E-state index < -0.39 is 23.9 Å². The van der Waals surface area contributed by atoms with E-state index in [1.54, 1.807) is 19.9 Å². The number of amides is 1. The molecule has 1 aromatic rings. The van der Waals surface area contributed by atoms with Crippen molar-refractivity contribution < 1.29 is 18.0 Å². The number of halogens is 3. The highest BCUT2D eigenvalue weighted by Gasteiger charge is 2.49. The smallest absolute Gasteiger partial charge is 0.352 e. The summed E-state index contributed by atoms with van der Waals surface area (Å²) in [5, 5.41) is 5.03. The molecule has 2 atom stereocenters. The molecule has 22 heavy (non-hydrogen) atoms. The molecule has 0 aliphatic carbocycles. The second-order valence-corrected chi connectivity index (χ2v) is 5.57. The summed E-state index contributed by atoms with van der Waals surface area (Å²) in [4.78, 5) is 26.4. The summed E-state index contributed by atoms with van der Waals surface area (Å²) in [5.41, 5.74) is 1.40. The van der Waals surface area contributed by atoms with Crippen molar-refractivity contribution >= 4 is 5.91 Å². The van der Waals surface area contributed by atoms with Crippen LogP contribution in [-0.4, -0.2) is 30.2 Å². The fourth-order valence-electron chi connectivity index (χ4n) is 2.71. The van der Waals surface area contributed by atoms with Gasteiger partial charge in [0.15, 0.2) is 0 Å². The van der Waals surface area contributed by atoms with Crippen LogP contribution in [0.4, 0.5) is 13.2 Å². The maximum atomic E-state index is 12.8. The van der Waals surface area contributed by atoms with Gasteiger partial charge in [-0.2, -0.15) is 13.2 Å². The molecule has 1 aliphatic heterocycles. The van der Waals surface area contributed by atoms with E-state index in [1.165, 1.54) is 0 Å². The third-order valence-electron chi connectivity index (χ3n) is 3.90. The first-order valence-corrected chi connectivity index (χ1v) is 6.94. The minimum atomic E-state index is -4.41. The number of aryl methyl sites for hydroxylation is 2. The Kier molecular flexibility index (Phi) is 4.60. The number of hydrogen-bond acceptors (Lipinski definition) is 3. The SMILES string of the molecule is Cc1cc(C)c(CNC(=O)[C@@H]2CNC[C@H]2C(F)(F)F)c(=O)[nH]1. The summed E-state index contributed by atoms with van der Waals surface area (Å²) >= 11 is 0. The maximum absolute atomic E-state index is 12.8. The lowest BCUT2D eigenvalue weighted by Crippen LogP contribution is -2.40. The van der Waals surface area contributed by atoms with Crippen molar-refractivity contribution in [2.75, 3.05) is 13.1 Å². The average molecular weight is 317 g/mol. The summed E-state index contributed by atoms with van der Waals surface area (Å²) in [6.07, 6.45) is -4.41. The minimum Gasteiger partial charge on any atom is -0.352 e. The monoisotopic (exact) mass is 317 g/mol. The molecule has 0 unspecified atom stereocenters. The topological polar surface area (TPSA) is 74.0 Å². The van der Waals surface area contributed by atoms with Crippen molar-refractivity contribution in [3.05, 3.63) is 33.2 Å².